The van der Waals surface area contributed by atoms with E-state index in [2.05, 4.69) is 0 Å². The van der Waals surface area contributed by atoms with Crippen molar-refractivity contribution in [3.63, 3.8) is 0 Å². The molecule has 7 nitrogen and oxygen atoms in total. The lowest BCUT2D eigenvalue weighted by atomic mass is 10.1. The van der Waals surface area contributed by atoms with Gasteiger partial charge < -0.3 is 28.9 Å². The average molecular weight is 420 g/mol. The Labute approximate surface area is 179 Å². The Balaban J connectivity index is 1.97. The SMILES string of the molecule is CCCN(Oc1ccc(OCCOCC)cc1)[C@@H](O)Cc1ccc(OC)c(OC)c1. The summed E-state index contributed by atoms with van der Waals surface area (Å²) in [6.07, 6.45) is 0.408. The minimum Gasteiger partial charge on any atom is -0.493 e. The van der Waals surface area contributed by atoms with Crippen LogP contribution in [0.25, 0.3) is 0 Å². The molecule has 0 fully saturated rings. The minimum atomic E-state index is -0.815. The molecule has 1 N–H and O–H groups in total. The van der Waals surface area contributed by atoms with Crippen molar-refractivity contribution in [3.05, 3.63) is 48.0 Å². The van der Waals surface area contributed by atoms with Crippen LogP contribution in [0, 0.1) is 0 Å². The fourth-order valence-electron chi connectivity index (χ4n) is 2.89. The summed E-state index contributed by atoms with van der Waals surface area (Å²) in [5.74, 6) is 2.66. The molecule has 0 aliphatic rings. The lowest BCUT2D eigenvalue weighted by Crippen LogP contribution is -2.40. The quantitative estimate of drug-likeness (QED) is 0.284. The van der Waals surface area contributed by atoms with Crippen LogP contribution in [0.2, 0.25) is 0 Å². The van der Waals surface area contributed by atoms with Gasteiger partial charge in [0.15, 0.2) is 11.5 Å². The second kappa shape index (κ2) is 13.0. The van der Waals surface area contributed by atoms with Crippen LogP contribution in [-0.4, -0.2) is 57.0 Å². The summed E-state index contributed by atoms with van der Waals surface area (Å²) in [5.41, 5.74) is 0.919. The first-order valence-corrected chi connectivity index (χ1v) is 10.2. The van der Waals surface area contributed by atoms with Crippen molar-refractivity contribution in [1.29, 1.82) is 0 Å². The second-order valence-corrected chi connectivity index (χ2v) is 6.62. The predicted molar refractivity (Wildman–Crippen MR) is 115 cm³/mol. The van der Waals surface area contributed by atoms with Crippen molar-refractivity contribution in [3.8, 4) is 23.0 Å². The molecular formula is C23H33NO6. The molecule has 0 amide bonds. The van der Waals surface area contributed by atoms with Crippen molar-refractivity contribution in [2.24, 2.45) is 0 Å². The number of hydroxylamine groups is 2. The molecule has 0 aliphatic carbocycles. The number of ether oxygens (including phenoxy) is 4. The minimum absolute atomic E-state index is 0.388. The van der Waals surface area contributed by atoms with E-state index in [1.807, 2.05) is 56.3 Å². The van der Waals surface area contributed by atoms with E-state index in [0.29, 0.717) is 50.0 Å². The van der Waals surface area contributed by atoms with Crippen LogP contribution < -0.4 is 19.0 Å². The number of aliphatic hydroxyl groups is 1. The van der Waals surface area contributed by atoms with Gasteiger partial charge in [0.25, 0.3) is 0 Å². The molecule has 166 valence electrons. The average Bonchev–Trinajstić information content (AvgIpc) is 2.77. The highest BCUT2D eigenvalue weighted by Gasteiger charge is 2.19. The summed E-state index contributed by atoms with van der Waals surface area (Å²) < 4.78 is 21.5. The van der Waals surface area contributed by atoms with Crippen molar-refractivity contribution < 1.29 is 28.9 Å². The van der Waals surface area contributed by atoms with Crippen molar-refractivity contribution >= 4 is 0 Å². The maximum atomic E-state index is 10.8. The van der Waals surface area contributed by atoms with Crippen LogP contribution in [0.3, 0.4) is 0 Å². The molecule has 0 heterocycles. The van der Waals surface area contributed by atoms with E-state index in [0.717, 1.165) is 17.7 Å². The molecule has 0 bridgehead atoms. The first-order valence-electron chi connectivity index (χ1n) is 10.2. The Kier molecular flexibility index (Phi) is 10.3. The molecule has 7 heteroatoms. The topological polar surface area (TPSA) is 69.6 Å². The summed E-state index contributed by atoms with van der Waals surface area (Å²) in [6, 6.07) is 12.9. The standard InChI is InChI=1S/C23H33NO6/c1-5-13-24(23(25)17-18-7-12-21(26-3)22(16-18)27-4)30-20-10-8-19(9-11-20)29-15-14-28-6-2/h7-12,16,23,25H,5-6,13-15,17H2,1-4H3/t23-/m0/s1. The van der Waals surface area contributed by atoms with Gasteiger partial charge in [-0.15, -0.1) is 5.06 Å². The van der Waals surface area contributed by atoms with E-state index < -0.39 is 6.23 Å². The number of rotatable bonds is 14. The Morgan fingerprint density at radius 1 is 0.900 bits per heavy atom. The number of hydrogen-bond acceptors (Lipinski definition) is 7. The number of aliphatic hydroxyl groups excluding tert-OH is 1. The maximum absolute atomic E-state index is 10.8. The van der Waals surface area contributed by atoms with E-state index in [1.165, 1.54) is 0 Å². The van der Waals surface area contributed by atoms with E-state index >= 15 is 0 Å². The lowest BCUT2D eigenvalue weighted by molar-refractivity contribution is -0.170. The van der Waals surface area contributed by atoms with Crippen LogP contribution in [-0.2, 0) is 11.2 Å². The van der Waals surface area contributed by atoms with Gasteiger partial charge in [-0.1, -0.05) is 13.0 Å². The number of nitrogens with zero attached hydrogens (tertiary/aromatic N) is 1. The Morgan fingerprint density at radius 2 is 1.60 bits per heavy atom. The monoisotopic (exact) mass is 419 g/mol. The van der Waals surface area contributed by atoms with E-state index in [4.69, 9.17) is 23.8 Å². The van der Waals surface area contributed by atoms with Gasteiger partial charge in [0.1, 0.15) is 24.3 Å². The molecule has 2 aromatic carbocycles. The van der Waals surface area contributed by atoms with Gasteiger partial charge in [0.2, 0.25) is 0 Å². The van der Waals surface area contributed by atoms with Gasteiger partial charge in [-0.05, 0) is 55.3 Å². The largest absolute Gasteiger partial charge is 0.493 e. The fourth-order valence-corrected chi connectivity index (χ4v) is 2.89. The smallest absolute Gasteiger partial charge is 0.160 e. The molecule has 0 saturated carbocycles. The summed E-state index contributed by atoms with van der Waals surface area (Å²) in [5, 5.41) is 12.3. The maximum Gasteiger partial charge on any atom is 0.160 e. The summed E-state index contributed by atoms with van der Waals surface area (Å²) >= 11 is 0. The van der Waals surface area contributed by atoms with Crippen LogP contribution in [0.1, 0.15) is 25.8 Å². The van der Waals surface area contributed by atoms with E-state index in [9.17, 15) is 5.11 Å². The molecule has 0 spiro atoms. The van der Waals surface area contributed by atoms with Gasteiger partial charge in [0, 0.05) is 19.6 Å². The third-order valence-electron chi connectivity index (χ3n) is 4.39. The summed E-state index contributed by atoms with van der Waals surface area (Å²) in [7, 11) is 3.19. The van der Waals surface area contributed by atoms with Gasteiger partial charge in [0.05, 0.1) is 20.8 Å². The van der Waals surface area contributed by atoms with Crippen LogP contribution in [0.5, 0.6) is 23.0 Å². The van der Waals surface area contributed by atoms with E-state index in [1.54, 1.807) is 19.3 Å². The molecule has 0 aliphatic heterocycles. The zero-order chi connectivity index (χ0) is 21.8. The Hall–Kier alpha value is -2.48. The first kappa shape index (κ1) is 23.8. The second-order valence-electron chi connectivity index (χ2n) is 6.62. The third kappa shape index (κ3) is 7.40. The molecule has 0 saturated heterocycles. The van der Waals surface area contributed by atoms with Gasteiger partial charge >= 0.3 is 0 Å². The summed E-state index contributed by atoms with van der Waals surface area (Å²) in [6.45, 7) is 6.31. The molecule has 0 unspecified atom stereocenters. The molecular weight excluding hydrogens is 386 g/mol. The molecule has 0 aromatic heterocycles. The number of hydrogen-bond donors (Lipinski definition) is 1. The van der Waals surface area contributed by atoms with Crippen molar-refractivity contribution in [1.82, 2.24) is 5.06 Å². The summed E-state index contributed by atoms with van der Waals surface area (Å²) in [4.78, 5) is 5.94. The zero-order valence-electron chi connectivity index (χ0n) is 18.3. The Bertz CT molecular complexity index is 737. The van der Waals surface area contributed by atoms with Crippen molar-refractivity contribution in [2.45, 2.75) is 32.9 Å². The van der Waals surface area contributed by atoms with Crippen LogP contribution in [0.4, 0.5) is 0 Å². The molecule has 2 aromatic rings. The number of benzene rings is 2. The predicted octanol–water partition coefficient (Wildman–Crippen LogP) is 3.69. The van der Waals surface area contributed by atoms with Crippen molar-refractivity contribution in [2.75, 3.05) is 40.6 Å². The van der Waals surface area contributed by atoms with Gasteiger partial charge in [-0.25, -0.2) is 0 Å². The van der Waals surface area contributed by atoms with E-state index in [-0.39, 0.29) is 0 Å². The molecule has 0 radical (unpaired) electrons. The molecule has 2 rings (SSSR count). The highest BCUT2D eigenvalue weighted by atomic mass is 16.7. The first-order chi connectivity index (χ1) is 14.6. The third-order valence-corrected chi connectivity index (χ3v) is 4.39. The number of methoxy groups -OCH3 is 2. The normalized spacial score (nSPS) is 11.9. The Morgan fingerprint density at radius 3 is 2.23 bits per heavy atom. The molecule has 30 heavy (non-hydrogen) atoms. The molecule has 1 atom stereocenters. The van der Waals surface area contributed by atoms with Crippen LogP contribution in [0.15, 0.2) is 42.5 Å². The zero-order valence-corrected chi connectivity index (χ0v) is 18.3. The van der Waals surface area contributed by atoms with Gasteiger partial charge in [-0.3, -0.25) is 0 Å². The highest BCUT2D eigenvalue weighted by Crippen LogP contribution is 2.28. The fraction of sp³-hybridized carbons (Fsp3) is 0.478. The van der Waals surface area contributed by atoms with Gasteiger partial charge in [-0.2, -0.15) is 0 Å². The highest BCUT2D eigenvalue weighted by molar-refractivity contribution is 5.43. The van der Waals surface area contributed by atoms with Crippen LogP contribution >= 0.6 is 0 Å². The lowest BCUT2D eigenvalue weighted by Gasteiger charge is -2.27.